The zero-order chi connectivity index (χ0) is 12.1. The zero-order valence-electron chi connectivity index (χ0n) is 9.62. The van der Waals surface area contributed by atoms with Crippen molar-refractivity contribution in [2.24, 2.45) is 0 Å². The van der Waals surface area contributed by atoms with E-state index in [1.54, 1.807) is 12.1 Å². The predicted octanol–water partition coefficient (Wildman–Crippen LogP) is 2.60. The number of carboxylic acids is 1. The Kier molecular flexibility index (Phi) is 4.23. The van der Waals surface area contributed by atoms with Gasteiger partial charge in [-0.1, -0.05) is 24.6 Å². The molecule has 0 saturated carbocycles. The summed E-state index contributed by atoms with van der Waals surface area (Å²) >= 11 is 0. The van der Waals surface area contributed by atoms with E-state index in [1.807, 2.05) is 19.9 Å². The molecule has 0 aromatic heterocycles. The van der Waals surface area contributed by atoms with E-state index < -0.39 is 5.97 Å². The van der Waals surface area contributed by atoms with Crippen molar-refractivity contribution in [3.05, 3.63) is 34.9 Å². The second-order valence-electron chi connectivity index (χ2n) is 3.86. The number of hydrogen-bond donors (Lipinski definition) is 1. The molecule has 1 N–H and O–H groups in total. The first-order valence-electron chi connectivity index (χ1n) is 5.39. The lowest BCUT2D eigenvalue weighted by molar-refractivity contribution is -0.118. The molecule has 0 bridgehead atoms. The van der Waals surface area contributed by atoms with Gasteiger partial charge >= 0.3 is 5.97 Å². The average Bonchev–Trinajstić information content (AvgIpc) is 2.25. The van der Waals surface area contributed by atoms with Gasteiger partial charge in [-0.15, -0.1) is 0 Å². The van der Waals surface area contributed by atoms with E-state index >= 15 is 0 Å². The first kappa shape index (κ1) is 12.4. The molecule has 3 heteroatoms. The summed E-state index contributed by atoms with van der Waals surface area (Å²) in [6.07, 6.45) is 1.43. The molecule has 16 heavy (non-hydrogen) atoms. The average molecular weight is 220 g/mol. The summed E-state index contributed by atoms with van der Waals surface area (Å²) in [5.41, 5.74) is 2.06. The van der Waals surface area contributed by atoms with Gasteiger partial charge in [0, 0.05) is 12.8 Å². The van der Waals surface area contributed by atoms with Gasteiger partial charge in [-0.05, 0) is 25.0 Å². The lowest BCUT2D eigenvalue weighted by atomic mass is 9.99. The first-order valence-corrected chi connectivity index (χ1v) is 5.39. The van der Waals surface area contributed by atoms with Crippen LogP contribution in [-0.2, 0) is 11.2 Å². The number of benzene rings is 1. The molecule has 0 amide bonds. The van der Waals surface area contributed by atoms with Gasteiger partial charge in [-0.3, -0.25) is 4.79 Å². The third-order valence-electron chi connectivity index (χ3n) is 2.56. The van der Waals surface area contributed by atoms with Crippen molar-refractivity contribution >= 4 is 11.8 Å². The molecule has 0 aliphatic rings. The van der Waals surface area contributed by atoms with Crippen molar-refractivity contribution in [3.8, 4) is 0 Å². The quantitative estimate of drug-likeness (QED) is 0.829. The Hall–Kier alpha value is -1.64. The number of aromatic carboxylic acids is 1. The van der Waals surface area contributed by atoms with Crippen LogP contribution in [0.1, 0.15) is 41.3 Å². The topological polar surface area (TPSA) is 54.4 Å². The Morgan fingerprint density at radius 2 is 2.00 bits per heavy atom. The standard InChI is InChI=1S/C13H16O3/c1-3-11(14)6-5-10-8-9(2)4-7-12(10)13(15)16/h4,7-8H,3,5-6H2,1-2H3,(H,15,16). The normalized spacial score (nSPS) is 10.1. The van der Waals surface area contributed by atoms with E-state index in [-0.39, 0.29) is 5.78 Å². The van der Waals surface area contributed by atoms with Crippen molar-refractivity contribution in [3.63, 3.8) is 0 Å². The third kappa shape index (κ3) is 3.19. The Labute approximate surface area is 95.1 Å². The number of rotatable bonds is 5. The fourth-order valence-corrected chi connectivity index (χ4v) is 1.59. The van der Waals surface area contributed by atoms with Gasteiger partial charge in [0.2, 0.25) is 0 Å². The molecule has 0 aliphatic carbocycles. The maximum atomic E-state index is 11.2. The largest absolute Gasteiger partial charge is 0.478 e. The van der Waals surface area contributed by atoms with Crippen LogP contribution in [0.4, 0.5) is 0 Å². The molecular weight excluding hydrogens is 204 g/mol. The van der Waals surface area contributed by atoms with Gasteiger partial charge in [0.05, 0.1) is 5.56 Å². The summed E-state index contributed by atoms with van der Waals surface area (Å²) in [6.45, 7) is 3.73. The second kappa shape index (κ2) is 5.45. The van der Waals surface area contributed by atoms with Gasteiger partial charge in [0.1, 0.15) is 5.78 Å². The number of carbonyl (C=O) groups is 2. The fraction of sp³-hybridized carbons (Fsp3) is 0.385. The van der Waals surface area contributed by atoms with Crippen LogP contribution in [0.25, 0.3) is 0 Å². The predicted molar refractivity (Wildman–Crippen MR) is 61.8 cm³/mol. The smallest absolute Gasteiger partial charge is 0.335 e. The summed E-state index contributed by atoms with van der Waals surface area (Å²) in [5, 5.41) is 8.99. The monoisotopic (exact) mass is 220 g/mol. The molecule has 3 nitrogen and oxygen atoms in total. The van der Waals surface area contributed by atoms with Gasteiger partial charge in [-0.25, -0.2) is 4.79 Å². The highest BCUT2D eigenvalue weighted by Gasteiger charge is 2.10. The highest BCUT2D eigenvalue weighted by Crippen LogP contribution is 2.14. The summed E-state index contributed by atoms with van der Waals surface area (Å²) in [4.78, 5) is 22.2. The fourth-order valence-electron chi connectivity index (χ4n) is 1.59. The molecule has 0 saturated heterocycles. The Morgan fingerprint density at radius 3 is 2.56 bits per heavy atom. The van der Waals surface area contributed by atoms with E-state index in [0.717, 1.165) is 11.1 Å². The summed E-state index contributed by atoms with van der Waals surface area (Å²) in [6, 6.07) is 5.21. The van der Waals surface area contributed by atoms with Crippen LogP contribution >= 0.6 is 0 Å². The van der Waals surface area contributed by atoms with Crippen LogP contribution in [0.5, 0.6) is 0 Å². The number of ketones is 1. The first-order chi connectivity index (χ1) is 7.54. The number of carbonyl (C=O) groups excluding carboxylic acids is 1. The van der Waals surface area contributed by atoms with Crippen LogP contribution in [0.2, 0.25) is 0 Å². The number of carboxylic acid groups (broad SMARTS) is 1. The van der Waals surface area contributed by atoms with Crippen LogP contribution in [0.3, 0.4) is 0 Å². The molecule has 1 aromatic carbocycles. The SMILES string of the molecule is CCC(=O)CCc1cc(C)ccc1C(=O)O. The minimum atomic E-state index is -0.932. The van der Waals surface area contributed by atoms with Crippen LogP contribution in [-0.4, -0.2) is 16.9 Å². The van der Waals surface area contributed by atoms with Gasteiger partial charge in [-0.2, -0.15) is 0 Å². The van der Waals surface area contributed by atoms with E-state index in [2.05, 4.69) is 0 Å². The minimum Gasteiger partial charge on any atom is -0.478 e. The molecule has 86 valence electrons. The molecule has 0 heterocycles. The van der Waals surface area contributed by atoms with Crippen molar-refractivity contribution in [1.82, 2.24) is 0 Å². The second-order valence-corrected chi connectivity index (χ2v) is 3.86. The molecule has 1 aromatic rings. The van der Waals surface area contributed by atoms with Crippen molar-refractivity contribution < 1.29 is 14.7 Å². The lowest BCUT2D eigenvalue weighted by Gasteiger charge is -2.06. The Morgan fingerprint density at radius 1 is 1.31 bits per heavy atom. The van der Waals surface area contributed by atoms with Crippen molar-refractivity contribution in [1.29, 1.82) is 0 Å². The highest BCUT2D eigenvalue weighted by molar-refractivity contribution is 5.89. The van der Waals surface area contributed by atoms with E-state index in [1.165, 1.54) is 0 Å². The van der Waals surface area contributed by atoms with Gasteiger partial charge < -0.3 is 5.11 Å². The number of hydrogen-bond acceptors (Lipinski definition) is 2. The lowest BCUT2D eigenvalue weighted by Crippen LogP contribution is -2.05. The molecular formula is C13H16O3. The minimum absolute atomic E-state index is 0.165. The van der Waals surface area contributed by atoms with E-state index in [9.17, 15) is 9.59 Å². The summed E-state index contributed by atoms with van der Waals surface area (Å²) in [5.74, 6) is -0.767. The Bertz CT molecular complexity index is 408. The van der Waals surface area contributed by atoms with Crippen LogP contribution < -0.4 is 0 Å². The molecule has 0 unspecified atom stereocenters. The van der Waals surface area contributed by atoms with Crippen molar-refractivity contribution in [2.75, 3.05) is 0 Å². The zero-order valence-corrected chi connectivity index (χ0v) is 9.62. The van der Waals surface area contributed by atoms with Crippen LogP contribution in [0.15, 0.2) is 18.2 Å². The van der Waals surface area contributed by atoms with Gasteiger partial charge in [0.15, 0.2) is 0 Å². The number of aryl methyl sites for hydroxylation is 2. The molecule has 0 spiro atoms. The van der Waals surface area contributed by atoms with Crippen molar-refractivity contribution in [2.45, 2.75) is 33.1 Å². The molecule has 0 atom stereocenters. The number of Topliss-reactive ketones (excluding diaryl/α,β-unsaturated/α-hetero) is 1. The summed E-state index contributed by atoms with van der Waals surface area (Å²) in [7, 11) is 0. The van der Waals surface area contributed by atoms with Crippen LogP contribution in [0, 0.1) is 6.92 Å². The van der Waals surface area contributed by atoms with E-state index in [4.69, 9.17) is 5.11 Å². The molecule has 0 fully saturated rings. The third-order valence-corrected chi connectivity index (χ3v) is 2.56. The highest BCUT2D eigenvalue weighted by atomic mass is 16.4. The van der Waals surface area contributed by atoms with Gasteiger partial charge in [0.25, 0.3) is 0 Å². The summed E-state index contributed by atoms with van der Waals surface area (Å²) < 4.78 is 0. The maximum absolute atomic E-state index is 11.2. The molecule has 0 aliphatic heterocycles. The Balaban J connectivity index is 2.88. The molecule has 0 radical (unpaired) electrons. The molecule has 1 rings (SSSR count). The maximum Gasteiger partial charge on any atom is 0.335 e. The van der Waals surface area contributed by atoms with E-state index in [0.29, 0.717) is 24.8 Å².